The lowest BCUT2D eigenvalue weighted by Crippen LogP contribution is -2.37. The van der Waals surface area contributed by atoms with Crippen LogP contribution in [0.2, 0.25) is 0 Å². The minimum absolute atomic E-state index is 0.198. The highest BCUT2D eigenvalue weighted by Crippen LogP contribution is 2.29. The highest BCUT2D eigenvalue weighted by atomic mass is 19.1. The highest BCUT2D eigenvalue weighted by molar-refractivity contribution is 5.95. The molecule has 0 unspecified atom stereocenters. The number of carbonyl (C=O) groups excluding carboxylic acids is 2. The van der Waals surface area contributed by atoms with Crippen molar-refractivity contribution in [1.82, 2.24) is 19.9 Å². The summed E-state index contributed by atoms with van der Waals surface area (Å²) in [4.78, 5) is 28.6. The molecule has 1 amide bonds. The van der Waals surface area contributed by atoms with Crippen LogP contribution < -0.4 is 15.4 Å². The predicted molar refractivity (Wildman–Crippen MR) is 132 cm³/mol. The topological polar surface area (TPSA) is 116 Å². The molecule has 0 spiro atoms. The van der Waals surface area contributed by atoms with Crippen molar-refractivity contribution in [2.45, 2.75) is 59.3 Å². The van der Waals surface area contributed by atoms with Gasteiger partial charge in [0.25, 0.3) is 0 Å². The first-order valence-electron chi connectivity index (χ1n) is 11.7. The third-order valence-electron chi connectivity index (χ3n) is 4.93. The summed E-state index contributed by atoms with van der Waals surface area (Å²) in [5, 5.41) is 10.0. The number of aromatic nitrogens is 3. The number of fused-ring (bicyclic) bond motifs is 1. The molecule has 0 bridgehead atoms. The molecule has 2 atom stereocenters. The number of carbonyl (C=O) groups is 2. The van der Waals surface area contributed by atoms with Crippen LogP contribution in [0.5, 0.6) is 5.75 Å². The average Bonchev–Trinajstić information content (AvgIpc) is 3.21. The van der Waals surface area contributed by atoms with E-state index in [9.17, 15) is 14.0 Å². The Kier molecular flexibility index (Phi) is 8.33. The highest BCUT2D eigenvalue weighted by Gasteiger charge is 2.20. The quantitative estimate of drug-likeness (QED) is 0.412. The molecule has 2 aromatic heterocycles. The summed E-state index contributed by atoms with van der Waals surface area (Å²) in [7, 11) is 0. The van der Waals surface area contributed by atoms with Crippen LogP contribution in [0, 0.1) is 5.82 Å². The lowest BCUT2D eigenvalue weighted by atomic mass is 10.1. The predicted octanol–water partition coefficient (Wildman–Crippen LogP) is 4.51. The van der Waals surface area contributed by atoms with Gasteiger partial charge in [0.05, 0.1) is 25.4 Å². The Labute approximate surface area is 209 Å². The summed E-state index contributed by atoms with van der Waals surface area (Å²) in [6.07, 6.45) is 2.10. The van der Waals surface area contributed by atoms with Crippen molar-refractivity contribution in [3.63, 3.8) is 0 Å². The van der Waals surface area contributed by atoms with E-state index in [2.05, 4.69) is 20.7 Å². The van der Waals surface area contributed by atoms with E-state index in [1.54, 1.807) is 52.9 Å². The number of hydrogen-bond donors (Lipinski definition) is 2. The summed E-state index contributed by atoms with van der Waals surface area (Å²) in [6.45, 7) is 11.1. The number of nitrogens with one attached hydrogen (secondary N) is 2. The Bertz CT molecular complexity index is 1220. The van der Waals surface area contributed by atoms with E-state index in [1.165, 1.54) is 22.8 Å². The van der Waals surface area contributed by atoms with Crippen LogP contribution in [0.3, 0.4) is 0 Å². The molecule has 11 heteroatoms. The van der Waals surface area contributed by atoms with E-state index >= 15 is 0 Å². The van der Waals surface area contributed by atoms with Gasteiger partial charge in [-0.15, -0.1) is 0 Å². The fraction of sp³-hybridized carbons (Fsp3) is 0.440. The van der Waals surface area contributed by atoms with Crippen LogP contribution in [-0.4, -0.2) is 51.5 Å². The molecule has 3 rings (SSSR count). The minimum Gasteiger partial charge on any atom is -0.489 e. The molecule has 0 aliphatic carbocycles. The number of rotatable bonds is 9. The first kappa shape index (κ1) is 26.7. The van der Waals surface area contributed by atoms with Gasteiger partial charge in [0.15, 0.2) is 5.65 Å². The number of benzene rings is 1. The fourth-order valence-corrected chi connectivity index (χ4v) is 3.37. The van der Waals surface area contributed by atoms with E-state index in [-0.39, 0.29) is 18.7 Å². The Morgan fingerprint density at radius 1 is 1.19 bits per heavy atom. The van der Waals surface area contributed by atoms with E-state index in [4.69, 9.17) is 14.2 Å². The standard InChI is InChI=1S/C25H32FN5O5/c1-7-34-23(32)19-14-28-31-11-10-21(30-22(19)31)29-16(3)18-12-17(26)8-9-20(18)35-15(2)13-27-24(33)36-25(4,5)6/h8-12,14-16H,7,13H2,1-6H3,(H,27,33)(H,29,30)/t15-,16+/m0/s1. The van der Waals surface area contributed by atoms with Crippen LogP contribution in [0.1, 0.15) is 63.5 Å². The fourth-order valence-electron chi connectivity index (χ4n) is 3.37. The molecule has 36 heavy (non-hydrogen) atoms. The van der Waals surface area contributed by atoms with Gasteiger partial charge in [-0.1, -0.05) is 0 Å². The third kappa shape index (κ3) is 7.06. The summed E-state index contributed by atoms with van der Waals surface area (Å²) in [5.74, 6) is -0.0299. The lowest BCUT2D eigenvalue weighted by molar-refractivity contribution is 0.0501. The smallest absolute Gasteiger partial charge is 0.407 e. The van der Waals surface area contributed by atoms with Crippen molar-refractivity contribution >= 4 is 23.5 Å². The summed E-state index contributed by atoms with van der Waals surface area (Å²) in [5.41, 5.74) is 0.530. The van der Waals surface area contributed by atoms with Gasteiger partial charge in [0.2, 0.25) is 0 Å². The van der Waals surface area contributed by atoms with Gasteiger partial charge < -0.3 is 24.8 Å². The van der Waals surface area contributed by atoms with E-state index in [0.717, 1.165) is 0 Å². The third-order valence-corrected chi connectivity index (χ3v) is 4.93. The lowest BCUT2D eigenvalue weighted by Gasteiger charge is -2.23. The van der Waals surface area contributed by atoms with Crippen molar-refractivity contribution < 1.29 is 28.2 Å². The number of esters is 1. The largest absolute Gasteiger partial charge is 0.489 e. The molecule has 0 fully saturated rings. The van der Waals surface area contributed by atoms with Gasteiger partial charge in [-0.25, -0.2) is 23.5 Å². The van der Waals surface area contributed by atoms with E-state index < -0.39 is 35.6 Å². The number of nitrogens with zero attached hydrogens (tertiary/aromatic N) is 3. The average molecular weight is 502 g/mol. The second-order valence-electron chi connectivity index (χ2n) is 9.22. The molecule has 0 aliphatic rings. The SMILES string of the molecule is CCOC(=O)c1cnn2ccc(N[C@H](C)c3cc(F)ccc3O[C@@H](C)CNC(=O)OC(C)(C)C)nc12. The van der Waals surface area contributed by atoms with Crippen LogP contribution >= 0.6 is 0 Å². The van der Waals surface area contributed by atoms with Crippen LogP contribution in [0.25, 0.3) is 5.65 Å². The maximum absolute atomic E-state index is 14.1. The number of ether oxygens (including phenoxy) is 3. The number of amides is 1. The summed E-state index contributed by atoms with van der Waals surface area (Å²) >= 11 is 0. The summed E-state index contributed by atoms with van der Waals surface area (Å²) in [6, 6.07) is 5.51. The van der Waals surface area contributed by atoms with Gasteiger partial charge in [-0.2, -0.15) is 5.10 Å². The molecule has 0 radical (unpaired) electrons. The second kappa shape index (κ2) is 11.2. The molecular formula is C25H32FN5O5. The van der Waals surface area contributed by atoms with E-state index in [0.29, 0.717) is 22.8 Å². The Balaban J connectivity index is 1.73. The van der Waals surface area contributed by atoms with Gasteiger partial charge in [0, 0.05) is 11.8 Å². The number of anilines is 1. The maximum atomic E-state index is 14.1. The first-order chi connectivity index (χ1) is 17.0. The van der Waals surface area contributed by atoms with Gasteiger partial charge in [-0.05, 0) is 65.8 Å². The molecule has 0 aliphatic heterocycles. The zero-order valence-corrected chi connectivity index (χ0v) is 21.3. The van der Waals surface area contributed by atoms with Gasteiger partial charge in [0.1, 0.15) is 34.7 Å². The second-order valence-corrected chi connectivity index (χ2v) is 9.22. The monoisotopic (exact) mass is 501 g/mol. The molecule has 3 aromatic rings. The van der Waals surface area contributed by atoms with Crippen LogP contribution in [0.15, 0.2) is 36.7 Å². The number of alkyl carbamates (subject to hydrolysis) is 1. The Morgan fingerprint density at radius 3 is 2.64 bits per heavy atom. The first-order valence-corrected chi connectivity index (χ1v) is 11.7. The zero-order valence-electron chi connectivity index (χ0n) is 21.3. The van der Waals surface area contributed by atoms with Gasteiger partial charge >= 0.3 is 12.1 Å². The van der Waals surface area contributed by atoms with Crippen molar-refractivity contribution in [3.8, 4) is 5.75 Å². The molecule has 10 nitrogen and oxygen atoms in total. The molecule has 2 heterocycles. The van der Waals surface area contributed by atoms with Crippen molar-refractivity contribution in [1.29, 1.82) is 0 Å². The Morgan fingerprint density at radius 2 is 1.94 bits per heavy atom. The minimum atomic E-state index is -0.607. The van der Waals surface area contributed by atoms with Gasteiger partial charge in [-0.3, -0.25) is 0 Å². The van der Waals surface area contributed by atoms with E-state index in [1.807, 2.05) is 6.92 Å². The Hall–Kier alpha value is -3.89. The van der Waals surface area contributed by atoms with Crippen molar-refractivity contribution in [2.75, 3.05) is 18.5 Å². The zero-order chi connectivity index (χ0) is 26.5. The van der Waals surface area contributed by atoms with Crippen LogP contribution in [0.4, 0.5) is 15.0 Å². The molecule has 0 saturated carbocycles. The summed E-state index contributed by atoms with van der Waals surface area (Å²) < 4.78 is 31.9. The van der Waals surface area contributed by atoms with Crippen molar-refractivity contribution in [3.05, 3.63) is 53.6 Å². The maximum Gasteiger partial charge on any atom is 0.407 e. The molecule has 1 aromatic carbocycles. The normalized spacial score (nSPS) is 13.1. The molecule has 2 N–H and O–H groups in total. The molecule has 0 saturated heterocycles. The number of halogens is 1. The van der Waals surface area contributed by atoms with Crippen LogP contribution in [-0.2, 0) is 9.47 Å². The van der Waals surface area contributed by atoms with Crippen molar-refractivity contribution in [2.24, 2.45) is 0 Å². The number of hydrogen-bond acceptors (Lipinski definition) is 8. The molecule has 194 valence electrons. The molecular weight excluding hydrogens is 469 g/mol.